The van der Waals surface area contributed by atoms with Gasteiger partial charge in [0.15, 0.2) is 6.20 Å². The molecule has 4 aromatic rings. The first-order valence-corrected chi connectivity index (χ1v) is 6.54. The summed E-state index contributed by atoms with van der Waals surface area (Å²) >= 11 is 0. The minimum atomic E-state index is 0.837. The highest BCUT2D eigenvalue weighted by molar-refractivity contribution is 5.92. The molecular weight excluding hydrogens is 250 g/mol. The van der Waals surface area contributed by atoms with Crippen LogP contribution in [0.1, 0.15) is 11.4 Å². The summed E-state index contributed by atoms with van der Waals surface area (Å²) in [6.45, 7) is 4.00. The normalized spacial score (nSPS) is 11.5. The van der Waals surface area contributed by atoms with Crippen molar-refractivity contribution in [3.8, 4) is 11.5 Å². The first-order valence-electron chi connectivity index (χ1n) is 6.54. The van der Waals surface area contributed by atoms with E-state index in [1.54, 1.807) is 0 Å². The number of H-pyrrole nitrogens is 3. The molecule has 0 saturated heterocycles. The molecule has 0 bridgehead atoms. The Hall–Kier alpha value is -2.69. The van der Waals surface area contributed by atoms with E-state index in [1.165, 1.54) is 5.56 Å². The highest BCUT2D eigenvalue weighted by Gasteiger charge is 2.12. The molecule has 0 aliphatic rings. The molecule has 5 nitrogen and oxygen atoms in total. The lowest BCUT2D eigenvalue weighted by Crippen LogP contribution is -2.06. The molecule has 0 saturated carbocycles. The second kappa shape index (κ2) is 3.90. The van der Waals surface area contributed by atoms with E-state index in [1.807, 2.05) is 25.3 Å². The fourth-order valence-corrected chi connectivity index (χ4v) is 2.42. The smallest absolute Gasteiger partial charge is 0.246 e. The lowest BCUT2D eigenvalue weighted by molar-refractivity contribution is -0.365. The summed E-state index contributed by atoms with van der Waals surface area (Å²) in [5.41, 5.74) is 6.06. The minimum Gasteiger partial charge on any atom is -0.342 e. The Kier molecular flexibility index (Phi) is 2.18. The van der Waals surface area contributed by atoms with Crippen molar-refractivity contribution in [2.24, 2.45) is 0 Å². The number of nitrogens with zero attached hydrogens (tertiary/aromatic N) is 2. The monoisotopic (exact) mass is 264 g/mol. The van der Waals surface area contributed by atoms with Crippen LogP contribution in [-0.2, 0) is 0 Å². The number of hydrogen-bond donors (Lipinski definition) is 2. The number of pyridine rings is 1. The van der Waals surface area contributed by atoms with Crippen molar-refractivity contribution >= 4 is 22.1 Å². The van der Waals surface area contributed by atoms with Gasteiger partial charge in [-0.15, -0.1) is 0 Å². The number of rotatable bonds is 1. The van der Waals surface area contributed by atoms with E-state index >= 15 is 0 Å². The Labute approximate surface area is 115 Å². The van der Waals surface area contributed by atoms with Crippen molar-refractivity contribution in [3.63, 3.8) is 0 Å². The third-order valence-electron chi connectivity index (χ3n) is 3.43. The Morgan fingerprint density at radius 2 is 1.75 bits per heavy atom. The molecule has 4 rings (SSSR count). The maximum Gasteiger partial charge on any atom is 0.246 e. The SMILES string of the molecule is Cc1ccc(-c2nc3cc4nc(C)[nH]c4cc3[nH]2)[nH+]c1. The van der Waals surface area contributed by atoms with Crippen LogP contribution in [0.15, 0.2) is 30.5 Å². The van der Waals surface area contributed by atoms with Gasteiger partial charge in [-0.25, -0.2) is 15.0 Å². The predicted molar refractivity (Wildman–Crippen MR) is 77.2 cm³/mol. The zero-order valence-electron chi connectivity index (χ0n) is 11.3. The highest BCUT2D eigenvalue weighted by Crippen LogP contribution is 2.22. The molecule has 98 valence electrons. The molecular formula is C15H14N5+. The van der Waals surface area contributed by atoms with Crippen LogP contribution in [0.25, 0.3) is 33.6 Å². The molecule has 0 amide bonds. The van der Waals surface area contributed by atoms with Crippen LogP contribution in [0, 0.1) is 13.8 Å². The van der Waals surface area contributed by atoms with Gasteiger partial charge in [-0.2, -0.15) is 0 Å². The minimum absolute atomic E-state index is 0.837. The molecule has 1 aromatic carbocycles. The number of benzene rings is 1. The molecule has 3 aromatic heterocycles. The molecule has 0 fully saturated rings. The first-order chi connectivity index (χ1) is 9.69. The van der Waals surface area contributed by atoms with Crippen LogP contribution >= 0.6 is 0 Å². The number of nitrogens with one attached hydrogen (secondary N) is 3. The molecule has 0 aliphatic heterocycles. The Bertz CT molecular complexity index is 864. The van der Waals surface area contributed by atoms with Crippen molar-refractivity contribution in [2.45, 2.75) is 13.8 Å². The van der Waals surface area contributed by atoms with Gasteiger partial charge in [-0.05, 0) is 32.0 Å². The van der Waals surface area contributed by atoms with Gasteiger partial charge in [0.25, 0.3) is 0 Å². The van der Waals surface area contributed by atoms with E-state index in [2.05, 4.69) is 44.0 Å². The number of fused-ring (bicyclic) bond motifs is 2. The second-order valence-electron chi connectivity index (χ2n) is 5.07. The van der Waals surface area contributed by atoms with E-state index in [0.717, 1.165) is 39.4 Å². The largest absolute Gasteiger partial charge is 0.342 e. The number of aromatic amines is 3. The zero-order chi connectivity index (χ0) is 13.7. The molecule has 5 heteroatoms. The third-order valence-corrected chi connectivity index (χ3v) is 3.43. The summed E-state index contributed by atoms with van der Waals surface area (Å²) in [4.78, 5) is 18.9. The number of hydrogen-bond acceptors (Lipinski definition) is 2. The average Bonchev–Trinajstić information content (AvgIpc) is 2.97. The Balaban J connectivity index is 1.91. The van der Waals surface area contributed by atoms with Gasteiger partial charge in [0.05, 0.1) is 22.1 Å². The maximum atomic E-state index is 4.63. The quantitative estimate of drug-likeness (QED) is 0.554. The van der Waals surface area contributed by atoms with Crippen LogP contribution in [-0.4, -0.2) is 19.9 Å². The summed E-state index contributed by atoms with van der Waals surface area (Å²) in [5, 5.41) is 0. The number of imidazole rings is 2. The van der Waals surface area contributed by atoms with Crippen LogP contribution in [0.2, 0.25) is 0 Å². The molecule has 3 N–H and O–H groups in total. The topological polar surface area (TPSA) is 71.5 Å². The second-order valence-corrected chi connectivity index (χ2v) is 5.07. The molecule has 0 spiro atoms. The van der Waals surface area contributed by atoms with Crippen LogP contribution < -0.4 is 4.98 Å². The molecule has 0 aliphatic carbocycles. The fourth-order valence-electron chi connectivity index (χ4n) is 2.42. The summed E-state index contributed by atoms with van der Waals surface area (Å²) in [7, 11) is 0. The van der Waals surface area contributed by atoms with Crippen LogP contribution in [0.4, 0.5) is 0 Å². The van der Waals surface area contributed by atoms with Gasteiger partial charge >= 0.3 is 0 Å². The maximum absolute atomic E-state index is 4.63. The lowest BCUT2D eigenvalue weighted by atomic mass is 10.3. The van der Waals surface area contributed by atoms with Gasteiger partial charge in [-0.1, -0.05) is 0 Å². The van der Waals surface area contributed by atoms with Crippen molar-refractivity contribution in [1.82, 2.24) is 19.9 Å². The van der Waals surface area contributed by atoms with E-state index in [4.69, 9.17) is 0 Å². The van der Waals surface area contributed by atoms with Crippen molar-refractivity contribution in [1.29, 1.82) is 0 Å². The Morgan fingerprint density at radius 1 is 0.950 bits per heavy atom. The van der Waals surface area contributed by atoms with Crippen LogP contribution in [0.3, 0.4) is 0 Å². The number of aryl methyl sites for hydroxylation is 2. The Morgan fingerprint density at radius 3 is 2.55 bits per heavy atom. The van der Waals surface area contributed by atoms with Crippen LogP contribution in [0.5, 0.6) is 0 Å². The van der Waals surface area contributed by atoms with Crippen molar-refractivity contribution < 1.29 is 4.98 Å². The summed E-state index contributed by atoms with van der Waals surface area (Å²) in [6, 6.07) is 8.15. The van der Waals surface area contributed by atoms with Gasteiger partial charge < -0.3 is 9.97 Å². The summed E-state index contributed by atoms with van der Waals surface area (Å²) in [6.07, 6.45) is 1.97. The molecule has 20 heavy (non-hydrogen) atoms. The van der Waals surface area contributed by atoms with E-state index in [9.17, 15) is 0 Å². The predicted octanol–water partition coefficient (Wildman–Crippen LogP) is 2.54. The molecule has 0 unspecified atom stereocenters. The van der Waals surface area contributed by atoms with Gasteiger partial charge in [0, 0.05) is 11.6 Å². The highest BCUT2D eigenvalue weighted by atomic mass is 15.0. The summed E-state index contributed by atoms with van der Waals surface area (Å²) < 4.78 is 0. The zero-order valence-corrected chi connectivity index (χ0v) is 11.3. The first kappa shape index (κ1) is 11.2. The molecule has 3 heterocycles. The van der Waals surface area contributed by atoms with E-state index in [0.29, 0.717) is 0 Å². The standard InChI is InChI=1S/C15H13N5/c1-8-3-4-10(16-7-8)15-19-13-5-11-12(6-14(13)20-15)18-9(2)17-11/h3-7H,1-2H3,(H,17,18)(H,19,20)/p+1. The van der Waals surface area contributed by atoms with Crippen molar-refractivity contribution in [2.75, 3.05) is 0 Å². The van der Waals surface area contributed by atoms with E-state index in [-0.39, 0.29) is 0 Å². The molecule has 0 radical (unpaired) electrons. The van der Waals surface area contributed by atoms with Gasteiger partial charge in [0.1, 0.15) is 5.82 Å². The average molecular weight is 264 g/mol. The van der Waals surface area contributed by atoms with Gasteiger partial charge in [0.2, 0.25) is 11.5 Å². The van der Waals surface area contributed by atoms with Crippen molar-refractivity contribution in [3.05, 3.63) is 41.9 Å². The summed E-state index contributed by atoms with van der Waals surface area (Å²) in [5.74, 6) is 1.75. The number of aromatic nitrogens is 5. The lowest BCUT2D eigenvalue weighted by Gasteiger charge is -1.89. The van der Waals surface area contributed by atoms with Gasteiger partial charge in [-0.3, -0.25) is 0 Å². The fraction of sp³-hybridized carbons (Fsp3) is 0.133. The third kappa shape index (κ3) is 1.67. The molecule has 0 atom stereocenters. The van der Waals surface area contributed by atoms with E-state index < -0.39 is 0 Å².